The standard InChI is InChI=1S/C15H17NOS/c1-2-15(17)14-9-8-13(10-16-14)18-11-12-6-4-3-5-7-12/h3-10,15,17H,2,11H2,1H3/t15-/m1/s1. The molecule has 94 valence electrons. The zero-order valence-electron chi connectivity index (χ0n) is 10.4. The number of rotatable bonds is 5. The second-order valence-electron chi connectivity index (χ2n) is 4.12. The fraction of sp³-hybridized carbons (Fsp3) is 0.267. The van der Waals surface area contributed by atoms with E-state index >= 15 is 0 Å². The molecule has 1 N–H and O–H groups in total. The quantitative estimate of drug-likeness (QED) is 0.829. The van der Waals surface area contributed by atoms with Crippen LogP contribution in [-0.4, -0.2) is 10.1 Å². The summed E-state index contributed by atoms with van der Waals surface area (Å²) in [4.78, 5) is 5.42. The molecule has 1 aromatic heterocycles. The molecule has 0 saturated heterocycles. The van der Waals surface area contributed by atoms with Gasteiger partial charge in [0.05, 0.1) is 11.8 Å². The molecular formula is C15H17NOS. The van der Waals surface area contributed by atoms with Gasteiger partial charge in [0, 0.05) is 16.8 Å². The topological polar surface area (TPSA) is 33.1 Å². The van der Waals surface area contributed by atoms with Crippen LogP contribution in [0.5, 0.6) is 0 Å². The summed E-state index contributed by atoms with van der Waals surface area (Å²) in [6, 6.07) is 14.3. The first-order valence-corrected chi connectivity index (χ1v) is 7.09. The van der Waals surface area contributed by atoms with Crippen LogP contribution in [0.25, 0.3) is 0 Å². The molecule has 0 saturated carbocycles. The van der Waals surface area contributed by atoms with Gasteiger partial charge in [-0.2, -0.15) is 0 Å². The van der Waals surface area contributed by atoms with Crippen LogP contribution >= 0.6 is 11.8 Å². The average molecular weight is 259 g/mol. The molecule has 3 heteroatoms. The predicted molar refractivity (Wildman–Crippen MR) is 75.5 cm³/mol. The van der Waals surface area contributed by atoms with Gasteiger partial charge in [-0.05, 0) is 24.1 Å². The number of nitrogens with zero attached hydrogens (tertiary/aromatic N) is 1. The van der Waals surface area contributed by atoms with Crippen LogP contribution in [0.4, 0.5) is 0 Å². The largest absolute Gasteiger partial charge is 0.387 e. The molecule has 0 fully saturated rings. The normalized spacial score (nSPS) is 12.3. The zero-order chi connectivity index (χ0) is 12.8. The maximum absolute atomic E-state index is 9.66. The Morgan fingerprint density at radius 1 is 1.17 bits per heavy atom. The molecule has 1 atom stereocenters. The van der Waals surface area contributed by atoms with Crippen molar-refractivity contribution in [2.45, 2.75) is 30.1 Å². The van der Waals surface area contributed by atoms with Crippen molar-refractivity contribution in [3.05, 3.63) is 59.9 Å². The van der Waals surface area contributed by atoms with Crippen molar-refractivity contribution in [3.8, 4) is 0 Å². The minimum absolute atomic E-state index is 0.446. The van der Waals surface area contributed by atoms with Crippen LogP contribution in [0, 0.1) is 0 Å². The molecule has 0 aliphatic heterocycles. The highest BCUT2D eigenvalue weighted by Crippen LogP contribution is 2.23. The summed E-state index contributed by atoms with van der Waals surface area (Å²) < 4.78 is 0. The Morgan fingerprint density at radius 2 is 1.94 bits per heavy atom. The SMILES string of the molecule is CC[C@@H](O)c1ccc(SCc2ccccc2)cn1. The Kier molecular flexibility index (Phi) is 4.79. The molecule has 0 radical (unpaired) electrons. The predicted octanol–water partition coefficient (Wildman–Crippen LogP) is 3.82. The third kappa shape index (κ3) is 3.59. The van der Waals surface area contributed by atoms with Crippen LogP contribution in [0.2, 0.25) is 0 Å². The summed E-state index contributed by atoms with van der Waals surface area (Å²) in [6.07, 6.45) is 2.09. The first-order valence-electron chi connectivity index (χ1n) is 6.10. The number of benzene rings is 1. The van der Waals surface area contributed by atoms with Crippen molar-refractivity contribution in [1.29, 1.82) is 0 Å². The van der Waals surface area contributed by atoms with Gasteiger partial charge in [0.25, 0.3) is 0 Å². The van der Waals surface area contributed by atoms with Crippen LogP contribution < -0.4 is 0 Å². The maximum Gasteiger partial charge on any atom is 0.0957 e. The average Bonchev–Trinajstić information content (AvgIpc) is 2.46. The maximum atomic E-state index is 9.66. The van der Waals surface area contributed by atoms with E-state index in [0.717, 1.165) is 16.3 Å². The first kappa shape index (κ1) is 13.1. The summed E-state index contributed by atoms with van der Waals surface area (Å²) in [5.74, 6) is 0.943. The van der Waals surface area contributed by atoms with Crippen LogP contribution in [0.1, 0.15) is 30.7 Å². The lowest BCUT2D eigenvalue weighted by Crippen LogP contribution is -1.97. The minimum Gasteiger partial charge on any atom is -0.387 e. The van der Waals surface area contributed by atoms with Crippen LogP contribution in [0.15, 0.2) is 53.6 Å². The first-order chi connectivity index (χ1) is 8.79. The fourth-order valence-corrected chi connectivity index (χ4v) is 2.44. The molecule has 0 bridgehead atoms. The highest BCUT2D eigenvalue weighted by molar-refractivity contribution is 7.98. The van der Waals surface area contributed by atoms with E-state index in [0.29, 0.717) is 6.42 Å². The number of aliphatic hydroxyl groups excluding tert-OH is 1. The van der Waals surface area contributed by atoms with E-state index in [1.807, 2.05) is 31.3 Å². The summed E-state index contributed by atoms with van der Waals surface area (Å²) >= 11 is 1.76. The Hall–Kier alpha value is -1.32. The van der Waals surface area contributed by atoms with Gasteiger partial charge in [-0.1, -0.05) is 37.3 Å². The van der Waals surface area contributed by atoms with E-state index in [4.69, 9.17) is 0 Å². The summed E-state index contributed by atoms with van der Waals surface area (Å²) in [5, 5.41) is 9.66. The van der Waals surface area contributed by atoms with E-state index in [2.05, 4.69) is 29.2 Å². The van der Waals surface area contributed by atoms with Gasteiger partial charge in [0.2, 0.25) is 0 Å². The van der Waals surface area contributed by atoms with E-state index in [-0.39, 0.29) is 0 Å². The van der Waals surface area contributed by atoms with Gasteiger partial charge in [0.1, 0.15) is 0 Å². The van der Waals surface area contributed by atoms with E-state index in [9.17, 15) is 5.11 Å². The number of thioether (sulfide) groups is 1. The molecule has 1 heterocycles. The summed E-state index contributed by atoms with van der Waals surface area (Å²) in [5.41, 5.74) is 2.06. The zero-order valence-corrected chi connectivity index (χ0v) is 11.2. The molecule has 18 heavy (non-hydrogen) atoms. The van der Waals surface area contributed by atoms with Crippen molar-refractivity contribution < 1.29 is 5.11 Å². The van der Waals surface area contributed by atoms with E-state index in [1.165, 1.54) is 5.56 Å². The number of hydrogen-bond acceptors (Lipinski definition) is 3. The molecule has 0 amide bonds. The summed E-state index contributed by atoms with van der Waals surface area (Å²) in [7, 11) is 0. The van der Waals surface area contributed by atoms with Crippen LogP contribution in [0.3, 0.4) is 0 Å². The lowest BCUT2D eigenvalue weighted by Gasteiger charge is -2.07. The fourth-order valence-electron chi connectivity index (χ4n) is 1.62. The van der Waals surface area contributed by atoms with Crippen molar-refractivity contribution >= 4 is 11.8 Å². The Labute approximate surface area is 112 Å². The lowest BCUT2D eigenvalue weighted by molar-refractivity contribution is 0.169. The second-order valence-corrected chi connectivity index (χ2v) is 5.17. The van der Waals surface area contributed by atoms with Gasteiger partial charge in [-0.15, -0.1) is 11.8 Å². The Balaban J connectivity index is 1.94. The molecule has 0 aliphatic rings. The van der Waals surface area contributed by atoms with Crippen molar-refractivity contribution in [2.75, 3.05) is 0 Å². The number of pyridine rings is 1. The summed E-state index contributed by atoms with van der Waals surface area (Å²) in [6.45, 7) is 1.95. The molecule has 0 unspecified atom stereocenters. The molecule has 2 aromatic rings. The minimum atomic E-state index is -0.446. The Bertz CT molecular complexity index is 470. The number of hydrogen-bond donors (Lipinski definition) is 1. The molecule has 0 spiro atoms. The van der Waals surface area contributed by atoms with Gasteiger partial charge >= 0.3 is 0 Å². The smallest absolute Gasteiger partial charge is 0.0957 e. The van der Waals surface area contributed by atoms with Crippen molar-refractivity contribution in [2.24, 2.45) is 0 Å². The highest BCUT2D eigenvalue weighted by Gasteiger charge is 2.05. The van der Waals surface area contributed by atoms with E-state index < -0.39 is 6.10 Å². The van der Waals surface area contributed by atoms with Gasteiger partial charge in [-0.25, -0.2) is 0 Å². The monoisotopic (exact) mass is 259 g/mol. The van der Waals surface area contributed by atoms with E-state index in [1.54, 1.807) is 11.8 Å². The number of aliphatic hydroxyl groups is 1. The van der Waals surface area contributed by atoms with Crippen molar-refractivity contribution in [3.63, 3.8) is 0 Å². The highest BCUT2D eigenvalue weighted by atomic mass is 32.2. The van der Waals surface area contributed by atoms with Gasteiger partial charge in [-0.3, -0.25) is 4.98 Å². The second kappa shape index (κ2) is 6.57. The molecule has 0 aliphatic carbocycles. The van der Waals surface area contributed by atoms with Crippen LogP contribution in [-0.2, 0) is 5.75 Å². The van der Waals surface area contributed by atoms with Gasteiger partial charge in [0.15, 0.2) is 0 Å². The molecule has 2 nitrogen and oxygen atoms in total. The molecule has 2 rings (SSSR count). The lowest BCUT2D eigenvalue weighted by atomic mass is 10.2. The Morgan fingerprint density at radius 3 is 2.56 bits per heavy atom. The third-order valence-electron chi connectivity index (χ3n) is 2.74. The van der Waals surface area contributed by atoms with Gasteiger partial charge < -0.3 is 5.11 Å². The van der Waals surface area contributed by atoms with Crippen molar-refractivity contribution in [1.82, 2.24) is 4.98 Å². The third-order valence-corrected chi connectivity index (χ3v) is 3.79. The molecule has 1 aromatic carbocycles. The molecular weight excluding hydrogens is 242 g/mol. The number of aromatic nitrogens is 1.